The summed E-state index contributed by atoms with van der Waals surface area (Å²) in [5.74, 6) is 1.60. The van der Waals surface area contributed by atoms with E-state index in [1.807, 2.05) is 6.07 Å². The lowest BCUT2D eigenvalue weighted by molar-refractivity contribution is 0.208. The molecule has 0 spiro atoms. The number of nitrogens with zero attached hydrogens (tertiary/aromatic N) is 4. The van der Waals surface area contributed by atoms with Crippen LogP contribution in [0.15, 0.2) is 36.5 Å². The molecule has 3 heterocycles. The van der Waals surface area contributed by atoms with Crippen LogP contribution in [0.25, 0.3) is 0 Å². The first-order chi connectivity index (χ1) is 20.1. The van der Waals surface area contributed by atoms with Gasteiger partial charge < -0.3 is 29.9 Å². The number of ether oxygens (including phenoxy) is 2. The lowest BCUT2D eigenvalue weighted by Gasteiger charge is -2.38. The Balaban J connectivity index is 1.35. The van der Waals surface area contributed by atoms with Gasteiger partial charge in [0.2, 0.25) is 16.0 Å². The summed E-state index contributed by atoms with van der Waals surface area (Å²) in [7, 11) is -0.473. The quantitative estimate of drug-likeness (QED) is 0.274. The van der Waals surface area contributed by atoms with Gasteiger partial charge >= 0.3 is 0 Å². The first kappa shape index (κ1) is 30.0. The van der Waals surface area contributed by atoms with Crippen molar-refractivity contribution in [2.24, 2.45) is 0 Å². The maximum Gasteiger partial charge on any atom is 0.230 e. The van der Waals surface area contributed by atoms with Crippen molar-refractivity contribution >= 4 is 56.1 Å². The normalized spacial score (nSPS) is 16.4. The highest BCUT2D eigenvalue weighted by atomic mass is 35.5. The highest BCUT2D eigenvalue weighted by Crippen LogP contribution is 2.38. The Morgan fingerprint density at radius 2 is 1.69 bits per heavy atom. The molecule has 2 aliphatic heterocycles. The van der Waals surface area contributed by atoms with E-state index in [0.717, 1.165) is 30.6 Å². The molecule has 0 aliphatic carbocycles. The van der Waals surface area contributed by atoms with Gasteiger partial charge in [-0.3, -0.25) is 4.72 Å². The van der Waals surface area contributed by atoms with E-state index in [1.54, 1.807) is 25.3 Å². The molecule has 1 aromatic heterocycles. The van der Waals surface area contributed by atoms with Crippen LogP contribution >= 0.6 is 11.6 Å². The van der Waals surface area contributed by atoms with Crippen molar-refractivity contribution in [1.29, 1.82) is 0 Å². The van der Waals surface area contributed by atoms with Gasteiger partial charge in [-0.25, -0.2) is 13.4 Å². The number of methoxy groups -OCH3 is 2. The zero-order valence-electron chi connectivity index (χ0n) is 24.4. The van der Waals surface area contributed by atoms with Crippen LogP contribution in [0.4, 0.5) is 34.5 Å². The number of para-hydroxylation sites is 1. The van der Waals surface area contributed by atoms with Gasteiger partial charge in [0.1, 0.15) is 22.2 Å². The number of hydrogen-bond acceptors (Lipinski definition) is 10. The molecular weight excluding hydrogens is 578 g/mol. The molecule has 2 fully saturated rings. The average Bonchev–Trinajstić information content (AvgIpc) is 3.50. The van der Waals surface area contributed by atoms with Gasteiger partial charge in [0.05, 0.1) is 38.0 Å². The summed E-state index contributed by atoms with van der Waals surface area (Å²) in [6.07, 6.45) is 7.53. The molecule has 11 nitrogen and oxygen atoms in total. The Kier molecular flexibility index (Phi) is 9.14. The van der Waals surface area contributed by atoms with Crippen molar-refractivity contribution in [3.05, 3.63) is 47.1 Å². The van der Waals surface area contributed by atoms with Crippen LogP contribution in [0.2, 0.25) is 5.02 Å². The van der Waals surface area contributed by atoms with E-state index >= 15 is 0 Å². The van der Waals surface area contributed by atoms with Gasteiger partial charge in [-0.1, -0.05) is 17.7 Å². The van der Waals surface area contributed by atoms with Gasteiger partial charge in [0, 0.05) is 30.9 Å². The Morgan fingerprint density at radius 1 is 0.976 bits per heavy atom. The first-order valence-corrected chi connectivity index (χ1v) is 16.3. The Hall–Kier alpha value is -3.48. The summed E-state index contributed by atoms with van der Waals surface area (Å²) in [4.78, 5) is 14.0. The van der Waals surface area contributed by atoms with Crippen LogP contribution in [0.5, 0.6) is 11.5 Å². The Labute approximate surface area is 252 Å². The molecule has 0 unspecified atom stereocenters. The summed E-state index contributed by atoms with van der Waals surface area (Å²) in [5.41, 5.74) is 3.67. The molecule has 3 N–H and O–H groups in total. The molecule has 0 saturated carbocycles. The van der Waals surface area contributed by atoms with Crippen molar-refractivity contribution < 1.29 is 17.9 Å². The number of likely N-dealkylation sites (tertiary alicyclic amines) is 1. The van der Waals surface area contributed by atoms with E-state index in [9.17, 15) is 8.42 Å². The van der Waals surface area contributed by atoms with Gasteiger partial charge in [0.25, 0.3) is 0 Å². The minimum absolute atomic E-state index is 0.240. The third-order valence-corrected chi connectivity index (χ3v) is 8.61. The van der Waals surface area contributed by atoms with Crippen LogP contribution in [0.1, 0.15) is 31.2 Å². The fourth-order valence-electron chi connectivity index (χ4n) is 5.72. The highest BCUT2D eigenvalue weighted by molar-refractivity contribution is 7.92. The fraction of sp³-hybridized carbons (Fsp3) is 0.448. The second kappa shape index (κ2) is 12.8. The predicted octanol–water partition coefficient (Wildman–Crippen LogP) is 5.38. The minimum atomic E-state index is -3.58. The smallest absolute Gasteiger partial charge is 0.230 e. The first-order valence-electron chi connectivity index (χ1n) is 14.0. The van der Waals surface area contributed by atoms with Crippen LogP contribution in [-0.2, 0) is 10.0 Å². The molecule has 13 heteroatoms. The molecule has 2 aromatic carbocycles. The third-order valence-electron chi connectivity index (χ3n) is 7.76. The third kappa shape index (κ3) is 6.93. The number of benzene rings is 2. The molecule has 3 aromatic rings. The standard InChI is InChI=1S/C29H38ClN7O4S/c1-19-16-23(26(41-3)17-24(19)37-14-10-20(11-15-37)36-12-5-6-13-36)33-29-31-18-21(30)28(34-29)32-22-8-7-9-25(40-2)27(22)35-42(4,38)39/h7-9,16-18,20,35H,5-6,10-15H2,1-4H3,(H2,31,32,33,34). The van der Waals surface area contributed by atoms with Gasteiger partial charge in [-0.2, -0.15) is 4.98 Å². The number of halogens is 1. The summed E-state index contributed by atoms with van der Waals surface area (Å²) in [6.45, 7) is 6.61. The Bertz CT molecular complexity index is 1520. The molecule has 0 bridgehead atoms. The highest BCUT2D eigenvalue weighted by Gasteiger charge is 2.27. The van der Waals surface area contributed by atoms with Crippen molar-refractivity contribution in [3.8, 4) is 11.5 Å². The summed E-state index contributed by atoms with van der Waals surface area (Å²) >= 11 is 6.43. The van der Waals surface area contributed by atoms with Gasteiger partial charge in [-0.05, 0) is 69.5 Å². The molecule has 0 atom stereocenters. The Morgan fingerprint density at radius 3 is 2.36 bits per heavy atom. The second-order valence-corrected chi connectivity index (χ2v) is 12.9. The lowest BCUT2D eigenvalue weighted by Crippen LogP contribution is -2.44. The number of aryl methyl sites for hydroxylation is 1. The predicted molar refractivity (Wildman–Crippen MR) is 169 cm³/mol. The van der Waals surface area contributed by atoms with E-state index in [-0.39, 0.29) is 16.5 Å². The van der Waals surface area contributed by atoms with Crippen LogP contribution < -0.4 is 29.7 Å². The van der Waals surface area contributed by atoms with E-state index in [4.69, 9.17) is 21.1 Å². The molecular formula is C29H38ClN7O4S. The average molecular weight is 616 g/mol. The molecule has 2 aliphatic rings. The molecule has 42 heavy (non-hydrogen) atoms. The molecule has 0 radical (unpaired) electrons. The monoisotopic (exact) mass is 615 g/mol. The number of hydrogen-bond donors (Lipinski definition) is 3. The number of anilines is 6. The topological polar surface area (TPSA) is 121 Å². The number of nitrogens with one attached hydrogen (secondary N) is 3. The summed E-state index contributed by atoms with van der Waals surface area (Å²) in [5, 5.41) is 6.62. The maximum absolute atomic E-state index is 12.0. The van der Waals surface area contributed by atoms with Crippen molar-refractivity contribution in [3.63, 3.8) is 0 Å². The minimum Gasteiger partial charge on any atom is -0.494 e. The molecule has 5 rings (SSSR count). The van der Waals surface area contributed by atoms with Gasteiger partial charge in [0.15, 0.2) is 5.82 Å². The van der Waals surface area contributed by atoms with E-state index in [2.05, 4.69) is 48.1 Å². The SMILES string of the molecule is COc1cc(N2CCC(N3CCCC3)CC2)c(C)cc1Nc1ncc(Cl)c(Nc2cccc(OC)c2NS(C)(=O)=O)n1. The largest absolute Gasteiger partial charge is 0.494 e. The van der Waals surface area contributed by atoms with Crippen molar-refractivity contribution in [1.82, 2.24) is 14.9 Å². The number of sulfonamides is 1. The van der Waals surface area contributed by atoms with Crippen LogP contribution in [-0.4, -0.2) is 76.0 Å². The summed E-state index contributed by atoms with van der Waals surface area (Å²) < 4.78 is 37.6. The van der Waals surface area contributed by atoms with Crippen LogP contribution in [0, 0.1) is 6.92 Å². The summed E-state index contributed by atoms with van der Waals surface area (Å²) in [6, 6.07) is 9.88. The van der Waals surface area contributed by atoms with E-state index < -0.39 is 10.0 Å². The number of aromatic nitrogens is 2. The second-order valence-electron chi connectivity index (χ2n) is 10.7. The number of piperidine rings is 1. The zero-order chi connectivity index (χ0) is 29.9. The molecule has 226 valence electrons. The lowest BCUT2D eigenvalue weighted by atomic mass is 10.0. The zero-order valence-corrected chi connectivity index (χ0v) is 26.0. The van der Waals surface area contributed by atoms with E-state index in [1.165, 1.54) is 57.8 Å². The maximum atomic E-state index is 12.0. The number of rotatable bonds is 10. The molecule has 0 amide bonds. The van der Waals surface area contributed by atoms with Crippen LogP contribution in [0.3, 0.4) is 0 Å². The van der Waals surface area contributed by atoms with Gasteiger partial charge in [-0.15, -0.1) is 0 Å². The van der Waals surface area contributed by atoms with Crippen molar-refractivity contribution in [2.75, 3.05) is 66.9 Å². The van der Waals surface area contributed by atoms with E-state index in [0.29, 0.717) is 29.2 Å². The molecule has 2 saturated heterocycles. The fourth-order valence-corrected chi connectivity index (χ4v) is 6.44. The van der Waals surface area contributed by atoms with Crippen molar-refractivity contribution in [2.45, 2.75) is 38.6 Å².